The molecule has 6 nitrogen and oxygen atoms in total. The van der Waals surface area contributed by atoms with Crippen molar-refractivity contribution in [2.24, 2.45) is 0 Å². The maximum Gasteiger partial charge on any atom is 1.00 e. The molecule has 0 heterocycles. The molecule has 22 heavy (non-hydrogen) atoms. The van der Waals surface area contributed by atoms with Gasteiger partial charge < -0.3 is 20.4 Å². The molecule has 0 atom stereocenters. The zero-order chi connectivity index (χ0) is 15.1. The van der Waals surface area contributed by atoms with Crippen molar-refractivity contribution < 1.29 is 74.8 Å². The fraction of sp³-hybridized carbons (Fsp3) is 0. The van der Waals surface area contributed by atoms with E-state index in [-0.39, 0.29) is 55.9 Å². The number of carboxylic acid groups (broad SMARTS) is 2. The van der Waals surface area contributed by atoms with Crippen LogP contribution < -0.4 is 10.2 Å². The van der Waals surface area contributed by atoms with Crippen molar-refractivity contribution in [1.82, 2.24) is 0 Å². The second-order valence-electron chi connectivity index (χ2n) is 3.60. The van der Waals surface area contributed by atoms with Crippen LogP contribution in [0.15, 0.2) is 48.5 Å². The number of carbonyl (C=O) groups is 2. The van der Waals surface area contributed by atoms with Crippen molar-refractivity contribution in [2.45, 2.75) is 0 Å². The summed E-state index contributed by atoms with van der Waals surface area (Å²) in [5.41, 5.74) is -0.356. The van der Waals surface area contributed by atoms with Gasteiger partial charge in [0.2, 0.25) is 0 Å². The summed E-state index contributed by atoms with van der Waals surface area (Å²) in [6, 6.07) is 11.1. The minimum atomic E-state index is -1.18. The summed E-state index contributed by atoms with van der Waals surface area (Å²) in [6.07, 6.45) is 0. The Bertz CT molecular complexity index is 575. The molecule has 0 radical (unpaired) electrons. The van der Waals surface area contributed by atoms with Gasteiger partial charge in [0.1, 0.15) is 0 Å². The quantitative estimate of drug-likeness (QED) is 0.605. The van der Waals surface area contributed by atoms with E-state index in [0.717, 1.165) is 0 Å². The molecule has 8 heteroatoms. The Hall–Kier alpha value is -1.54. The van der Waals surface area contributed by atoms with Crippen molar-refractivity contribution in [3.8, 4) is 11.5 Å². The van der Waals surface area contributed by atoms with Crippen LogP contribution in [0.4, 0.5) is 0 Å². The molecule has 2 N–H and O–H groups in total. The molecule has 124 valence electrons. The monoisotopic (exact) mass is 488 g/mol. The van der Waals surface area contributed by atoms with E-state index in [9.17, 15) is 19.8 Å². The van der Waals surface area contributed by atoms with Crippen LogP contribution in [-0.4, -0.2) is 22.2 Å². The third kappa shape index (κ3) is 6.95. The van der Waals surface area contributed by atoms with Crippen LogP contribution in [0.2, 0.25) is 0 Å². The first kappa shape index (κ1) is 22.7. The maximum absolute atomic E-state index is 10.7. The van der Waals surface area contributed by atoms with Crippen LogP contribution in [0.5, 0.6) is 11.5 Å². The SMILES string of the molecule is O=C(O)c1ccccc1[O-].O=C(O)c1ccccc1[O-].[Ag+].[Ag+]. The van der Waals surface area contributed by atoms with Crippen LogP contribution in [0, 0.1) is 0 Å². The molecule has 0 aliphatic heterocycles. The second-order valence-corrected chi connectivity index (χ2v) is 3.60. The van der Waals surface area contributed by atoms with E-state index < -0.39 is 23.4 Å². The van der Waals surface area contributed by atoms with Gasteiger partial charge in [-0.25, -0.2) is 9.59 Å². The van der Waals surface area contributed by atoms with Crippen molar-refractivity contribution >= 4 is 11.9 Å². The van der Waals surface area contributed by atoms with Gasteiger partial charge in [-0.15, -0.1) is 0 Å². The summed E-state index contributed by atoms with van der Waals surface area (Å²) in [4.78, 5) is 20.4. The van der Waals surface area contributed by atoms with Gasteiger partial charge in [0, 0.05) is 0 Å². The summed E-state index contributed by atoms with van der Waals surface area (Å²) in [5.74, 6) is -3.25. The normalized spacial score (nSPS) is 8.36. The van der Waals surface area contributed by atoms with E-state index in [0.29, 0.717) is 0 Å². The standard InChI is InChI=1S/2C7H6O3.2Ag/c2*8-6-4-2-1-3-5(6)7(9)10;;/h2*1-4,8H,(H,9,10);;/q;;2*+1/p-2. The summed E-state index contributed by atoms with van der Waals surface area (Å²) in [7, 11) is 0. The molecule has 0 aromatic heterocycles. The Balaban J connectivity index is 0. The molecule has 2 rings (SSSR count). The van der Waals surface area contributed by atoms with Gasteiger partial charge in [-0.1, -0.05) is 47.9 Å². The number of para-hydroxylation sites is 2. The predicted molar refractivity (Wildman–Crippen MR) is 65.7 cm³/mol. The molecule has 0 unspecified atom stereocenters. The topological polar surface area (TPSA) is 121 Å². The fourth-order valence-corrected chi connectivity index (χ4v) is 1.29. The summed E-state index contributed by atoms with van der Waals surface area (Å²) in [6.45, 7) is 0. The number of benzene rings is 2. The third-order valence-corrected chi connectivity index (χ3v) is 2.23. The molecule has 2 aromatic rings. The zero-order valence-electron chi connectivity index (χ0n) is 10.7. The van der Waals surface area contributed by atoms with Gasteiger partial charge in [0.05, 0.1) is 11.1 Å². The van der Waals surface area contributed by atoms with Gasteiger partial charge in [-0.05, 0) is 12.1 Å². The van der Waals surface area contributed by atoms with Gasteiger partial charge >= 0.3 is 56.7 Å². The largest absolute Gasteiger partial charge is 1.00 e. The Kier molecular flexibility index (Phi) is 11.5. The Morgan fingerprint density at radius 3 is 1.14 bits per heavy atom. The number of aromatic carboxylic acids is 2. The van der Waals surface area contributed by atoms with Crippen molar-refractivity contribution in [2.75, 3.05) is 0 Å². The molecule has 0 aliphatic rings. The zero-order valence-corrected chi connectivity index (χ0v) is 13.7. The summed E-state index contributed by atoms with van der Waals surface area (Å²) in [5, 5.41) is 38.1. The third-order valence-electron chi connectivity index (χ3n) is 2.23. The number of rotatable bonds is 2. The van der Waals surface area contributed by atoms with E-state index in [2.05, 4.69) is 0 Å². The predicted octanol–water partition coefficient (Wildman–Crippen LogP) is 0.912. The van der Waals surface area contributed by atoms with E-state index in [4.69, 9.17) is 10.2 Å². The minimum Gasteiger partial charge on any atom is -0.872 e. The first-order valence-corrected chi connectivity index (χ1v) is 5.42. The van der Waals surface area contributed by atoms with Crippen LogP contribution in [-0.2, 0) is 44.8 Å². The van der Waals surface area contributed by atoms with Crippen LogP contribution in [0.25, 0.3) is 0 Å². The molecular formula is C14H10Ag2O6. The van der Waals surface area contributed by atoms with E-state index in [1.807, 2.05) is 0 Å². The first-order valence-electron chi connectivity index (χ1n) is 5.42. The molecule has 0 saturated heterocycles. The first-order chi connectivity index (χ1) is 9.43. The molecule has 0 bridgehead atoms. The fourth-order valence-electron chi connectivity index (χ4n) is 1.29. The summed E-state index contributed by atoms with van der Waals surface area (Å²) >= 11 is 0. The van der Waals surface area contributed by atoms with E-state index >= 15 is 0 Å². The van der Waals surface area contributed by atoms with Crippen molar-refractivity contribution in [3.05, 3.63) is 59.7 Å². The van der Waals surface area contributed by atoms with E-state index in [1.165, 1.54) is 48.5 Å². The molecule has 0 fully saturated rings. The molecular weight excluding hydrogens is 480 g/mol. The molecule has 0 aliphatic carbocycles. The van der Waals surface area contributed by atoms with Crippen LogP contribution in [0.1, 0.15) is 20.7 Å². The average Bonchev–Trinajstić information content (AvgIpc) is 2.40. The Morgan fingerprint density at radius 2 is 0.955 bits per heavy atom. The Morgan fingerprint density at radius 1 is 0.682 bits per heavy atom. The number of hydrogen-bond acceptors (Lipinski definition) is 4. The van der Waals surface area contributed by atoms with Gasteiger partial charge in [-0.3, -0.25) is 0 Å². The molecule has 2 aromatic carbocycles. The Labute approximate surface area is 157 Å². The minimum absolute atomic E-state index is 0. The van der Waals surface area contributed by atoms with Gasteiger partial charge in [-0.2, -0.15) is 0 Å². The maximum atomic E-state index is 10.7. The second kappa shape index (κ2) is 11.1. The number of carboxylic acids is 2. The summed E-state index contributed by atoms with van der Waals surface area (Å²) < 4.78 is 0. The number of hydrogen-bond donors (Lipinski definition) is 2. The molecule has 0 spiro atoms. The average molecular weight is 490 g/mol. The van der Waals surface area contributed by atoms with Gasteiger partial charge in [0.15, 0.2) is 0 Å². The molecule has 0 saturated carbocycles. The molecule has 0 amide bonds. The van der Waals surface area contributed by atoms with E-state index in [1.54, 1.807) is 0 Å². The smallest absolute Gasteiger partial charge is 0.872 e. The van der Waals surface area contributed by atoms with Crippen LogP contribution >= 0.6 is 0 Å². The van der Waals surface area contributed by atoms with Crippen molar-refractivity contribution in [1.29, 1.82) is 0 Å². The van der Waals surface area contributed by atoms with Crippen LogP contribution in [0.3, 0.4) is 0 Å². The van der Waals surface area contributed by atoms with Gasteiger partial charge in [0.25, 0.3) is 0 Å². The van der Waals surface area contributed by atoms with Crippen molar-refractivity contribution in [3.63, 3.8) is 0 Å².